The van der Waals surface area contributed by atoms with Crippen LogP contribution >= 0.6 is 11.6 Å². The van der Waals surface area contributed by atoms with Crippen molar-refractivity contribution in [1.29, 1.82) is 0 Å². The summed E-state index contributed by atoms with van der Waals surface area (Å²) in [6.07, 6.45) is 0. The van der Waals surface area contributed by atoms with E-state index < -0.39 is 16.9 Å². The summed E-state index contributed by atoms with van der Waals surface area (Å²) in [6.45, 7) is 4.28. The van der Waals surface area contributed by atoms with E-state index >= 15 is 0 Å². The number of nitrogens with zero attached hydrogens (tertiary/aromatic N) is 4. The van der Waals surface area contributed by atoms with Gasteiger partial charge in [0.15, 0.2) is 0 Å². The van der Waals surface area contributed by atoms with Crippen LogP contribution in [0.4, 0.5) is 5.69 Å². The van der Waals surface area contributed by atoms with Crippen molar-refractivity contribution in [1.82, 2.24) is 14.5 Å². The zero-order chi connectivity index (χ0) is 28.1. The number of amides is 1. The number of nitro benzene ring substituents is 1. The number of halogens is 1. The van der Waals surface area contributed by atoms with Crippen molar-refractivity contribution in [2.24, 2.45) is 0 Å². The number of aromatic nitrogens is 2. The summed E-state index contributed by atoms with van der Waals surface area (Å²) in [6, 6.07) is 17.2. The maximum atomic E-state index is 13.9. The van der Waals surface area contributed by atoms with Gasteiger partial charge in [0.25, 0.3) is 17.2 Å². The molecule has 0 N–H and O–H groups in total. The third kappa shape index (κ3) is 5.62. The third-order valence-corrected chi connectivity index (χ3v) is 6.56. The Labute approximate surface area is 229 Å². The van der Waals surface area contributed by atoms with Crippen molar-refractivity contribution >= 4 is 34.1 Å². The van der Waals surface area contributed by atoms with Crippen LogP contribution in [0.25, 0.3) is 16.6 Å². The molecule has 1 unspecified atom stereocenters. The van der Waals surface area contributed by atoms with Crippen LogP contribution in [-0.4, -0.2) is 52.1 Å². The molecule has 0 aliphatic heterocycles. The van der Waals surface area contributed by atoms with Gasteiger partial charge in [0.05, 0.1) is 40.8 Å². The molecule has 4 aromatic rings. The molecule has 202 valence electrons. The highest BCUT2D eigenvalue weighted by Gasteiger charge is 2.29. The van der Waals surface area contributed by atoms with E-state index in [1.165, 1.54) is 28.7 Å². The van der Waals surface area contributed by atoms with E-state index in [1.54, 1.807) is 55.5 Å². The maximum absolute atomic E-state index is 13.9. The minimum absolute atomic E-state index is 0.0680. The van der Waals surface area contributed by atoms with Crippen LogP contribution in [0.2, 0.25) is 5.02 Å². The number of ether oxygens (including phenoxy) is 2. The quantitative estimate of drug-likeness (QED) is 0.197. The van der Waals surface area contributed by atoms with E-state index in [0.717, 1.165) is 6.07 Å². The number of fused-ring (bicyclic) bond motifs is 1. The van der Waals surface area contributed by atoms with Crippen LogP contribution in [0.5, 0.6) is 5.75 Å². The number of methoxy groups -OCH3 is 1. The fourth-order valence-corrected chi connectivity index (χ4v) is 4.52. The van der Waals surface area contributed by atoms with Gasteiger partial charge in [-0.1, -0.05) is 35.9 Å². The van der Waals surface area contributed by atoms with Crippen molar-refractivity contribution in [3.05, 3.63) is 104 Å². The Kier molecular flexibility index (Phi) is 8.58. The van der Waals surface area contributed by atoms with Crippen molar-refractivity contribution in [2.45, 2.75) is 19.9 Å². The first-order chi connectivity index (χ1) is 18.8. The Bertz CT molecular complexity index is 1590. The smallest absolute Gasteiger partial charge is 0.288 e. The summed E-state index contributed by atoms with van der Waals surface area (Å²) in [4.78, 5) is 44.8. The molecule has 10 nitrogen and oxygen atoms in total. The fourth-order valence-electron chi connectivity index (χ4n) is 4.33. The van der Waals surface area contributed by atoms with Gasteiger partial charge in [0, 0.05) is 25.3 Å². The van der Waals surface area contributed by atoms with Gasteiger partial charge in [-0.2, -0.15) is 0 Å². The maximum Gasteiger partial charge on any atom is 0.288 e. The highest BCUT2D eigenvalue weighted by atomic mass is 35.5. The lowest BCUT2D eigenvalue weighted by Gasteiger charge is -2.30. The number of rotatable bonds is 10. The summed E-state index contributed by atoms with van der Waals surface area (Å²) in [5.41, 5.74) is 0.309. The van der Waals surface area contributed by atoms with Crippen molar-refractivity contribution in [3.63, 3.8) is 0 Å². The number of carbonyl (C=O) groups excluding carboxylic acids is 1. The highest BCUT2D eigenvalue weighted by molar-refractivity contribution is 6.32. The molecular formula is C28H27ClN4O6. The molecule has 0 spiro atoms. The molecule has 1 atom stereocenters. The SMILES string of the molecule is CCOc1ccccc1-n1c(C(C)N(CCOC)C(=O)c2ccc(Cl)c([N+](=O)[O-])c2)nc2ccccc2c1=O. The van der Waals surface area contributed by atoms with Gasteiger partial charge in [0.1, 0.15) is 16.6 Å². The number of carbonyl (C=O) groups is 1. The first kappa shape index (κ1) is 27.7. The minimum atomic E-state index is -0.755. The first-order valence-electron chi connectivity index (χ1n) is 12.3. The molecular weight excluding hydrogens is 524 g/mol. The van der Waals surface area contributed by atoms with Crippen LogP contribution in [0.1, 0.15) is 36.1 Å². The van der Waals surface area contributed by atoms with Gasteiger partial charge >= 0.3 is 0 Å². The Hall–Kier alpha value is -4.28. The first-order valence-corrected chi connectivity index (χ1v) is 12.6. The largest absolute Gasteiger partial charge is 0.492 e. The number of hydrogen-bond acceptors (Lipinski definition) is 7. The lowest BCUT2D eigenvalue weighted by atomic mass is 10.1. The van der Waals surface area contributed by atoms with E-state index in [0.29, 0.717) is 34.8 Å². The minimum Gasteiger partial charge on any atom is -0.492 e. The number of hydrogen-bond donors (Lipinski definition) is 0. The van der Waals surface area contributed by atoms with Crippen LogP contribution < -0.4 is 10.3 Å². The van der Waals surface area contributed by atoms with Gasteiger partial charge in [-0.25, -0.2) is 4.98 Å². The number of para-hydroxylation sites is 3. The second-order valence-electron chi connectivity index (χ2n) is 8.62. The second-order valence-corrected chi connectivity index (χ2v) is 9.03. The summed E-state index contributed by atoms with van der Waals surface area (Å²) in [7, 11) is 1.50. The van der Waals surface area contributed by atoms with Crippen molar-refractivity contribution in [3.8, 4) is 11.4 Å². The molecule has 1 amide bonds. The van der Waals surface area contributed by atoms with E-state index in [2.05, 4.69) is 0 Å². The number of benzene rings is 3. The molecule has 0 aliphatic carbocycles. The Morgan fingerprint density at radius 3 is 2.59 bits per heavy atom. The Morgan fingerprint density at radius 2 is 1.87 bits per heavy atom. The average Bonchev–Trinajstić information content (AvgIpc) is 2.93. The fraction of sp³-hybridized carbons (Fsp3) is 0.250. The molecule has 39 heavy (non-hydrogen) atoms. The van der Waals surface area contributed by atoms with Crippen LogP contribution in [0.3, 0.4) is 0 Å². The molecule has 0 aliphatic rings. The summed E-state index contributed by atoms with van der Waals surface area (Å²) >= 11 is 5.97. The monoisotopic (exact) mass is 550 g/mol. The summed E-state index contributed by atoms with van der Waals surface area (Å²) in [5, 5.41) is 11.8. The van der Waals surface area contributed by atoms with E-state index in [4.69, 9.17) is 26.1 Å². The molecule has 1 heterocycles. The molecule has 11 heteroatoms. The van der Waals surface area contributed by atoms with Crippen molar-refractivity contribution < 1.29 is 19.2 Å². The summed E-state index contributed by atoms with van der Waals surface area (Å²) in [5.74, 6) is 0.265. The standard InChI is InChI=1S/C28H27ClN4O6/c1-4-39-25-12-8-7-11-23(25)32-26(30-22-10-6-5-9-20(22)28(32)35)18(2)31(15-16-38-3)27(34)19-13-14-21(29)24(17-19)33(36)37/h5-14,17-18H,4,15-16H2,1-3H3. The van der Waals surface area contributed by atoms with E-state index in [1.807, 2.05) is 6.92 Å². The molecule has 3 aromatic carbocycles. The lowest BCUT2D eigenvalue weighted by Crippen LogP contribution is -2.39. The topological polar surface area (TPSA) is 117 Å². The van der Waals surface area contributed by atoms with Gasteiger partial charge in [-0.3, -0.25) is 24.3 Å². The predicted molar refractivity (Wildman–Crippen MR) is 148 cm³/mol. The van der Waals surface area contributed by atoms with Crippen LogP contribution in [-0.2, 0) is 4.74 Å². The lowest BCUT2D eigenvalue weighted by molar-refractivity contribution is -0.384. The van der Waals surface area contributed by atoms with Crippen molar-refractivity contribution in [2.75, 3.05) is 26.9 Å². The van der Waals surface area contributed by atoms with Crippen LogP contribution in [0.15, 0.2) is 71.5 Å². The van der Waals surface area contributed by atoms with Gasteiger partial charge in [0.2, 0.25) is 0 Å². The molecule has 4 rings (SSSR count). The van der Waals surface area contributed by atoms with Gasteiger partial charge in [-0.15, -0.1) is 0 Å². The zero-order valence-corrected chi connectivity index (χ0v) is 22.4. The average molecular weight is 551 g/mol. The normalized spacial score (nSPS) is 11.8. The van der Waals surface area contributed by atoms with E-state index in [9.17, 15) is 19.7 Å². The molecule has 0 fully saturated rings. The summed E-state index contributed by atoms with van der Waals surface area (Å²) < 4.78 is 12.5. The molecule has 1 aromatic heterocycles. The molecule has 0 bridgehead atoms. The molecule has 0 saturated heterocycles. The Balaban J connectivity index is 1.92. The third-order valence-electron chi connectivity index (χ3n) is 6.24. The zero-order valence-electron chi connectivity index (χ0n) is 21.7. The van der Waals surface area contributed by atoms with Crippen LogP contribution in [0, 0.1) is 10.1 Å². The van der Waals surface area contributed by atoms with E-state index in [-0.39, 0.29) is 35.0 Å². The highest BCUT2D eigenvalue weighted by Crippen LogP contribution is 2.30. The molecule has 0 saturated carbocycles. The van der Waals surface area contributed by atoms with Gasteiger partial charge < -0.3 is 14.4 Å². The van der Waals surface area contributed by atoms with Gasteiger partial charge in [-0.05, 0) is 50.2 Å². The molecule has 0 radical (unpaired) electrons. The number of nitro groups is 1. The predicted octanol–water partition coefficient (Wildman–Crippen LogP) is 5.20. The Morgan fingerprint density at radius 1 is 1.15 bits per heavy atom. The second kappa shape index (κ2) is 12.1.